The van der Waals surface area contributed by atoms with Crippen LogP contribution in [0.1, 0.15) is 52.1 Å². The van der Waals surface area contributed by atoms with Gasteiger partial charge in [-0.2, -0.15) is 0 Å². The average molecular weight is 454 g/mol. The number of piperidine rings is 1. The van der Waals surface area contributed by atoms with E-state index in [1.807, 2.05) is 31.2 Å². The minimum atomic E-state index is -0.00688. The zero-order valence-corrected chi connectivity index (χ0v) is 19.9. The van der Waals surface area contributed by atoms with Crippen LogP contribution in [0.3, 0.4) is 0 Å². The molecule has 0 aliphatic carbocycles. The number of halogens is 2. The second-order valence-electron chi connectivity index (χ2n) is 9.13. The molecule has 158 valence electrons. The van der Waals surface area contributed by atoms with Crippen LogP contribution in [-0.4, -0.2) is 27.1 Å². The van der Waals surface area contributed by atoms with Crippen molar-refractivity contribution in [2.75, 3.05) is 5.32 Å². The molecule has 1 aromatic carbocycles. The molecule has 2 aromatic rings. The molecule has 1 fully saturated rings. The van der Waals surface area contributed by atoms with Gasteiger partial charge in [-0.25, -0.2) is 0 Å². The third kappa shape index (κ3) is 5.66. The number of nitrogens with one attached hydrogen (secondary N) is 2. The molecule has 0 bridgehead atoms. The van der Waals surface area contributed by atoms with Crippen molar-refractivity contribution in [3.05, 3.63) is 51.9 Å². The van der Waals surface area contributed by atoms with Crippen molar-refractivity contribution in [1.29, 1.82) is 0 Å². The maximum absolute atomic E-state index is 6.38. The molecule has 0 saturated carbocycles. The van der Waals surface area contributed by atoms with Crippen molar-refractivity contribution in [2.24, 2.45) is 0 Å². The molecule has 1 aliphatic rings. The molecule has 0 spiro atoms. The highest BCUT2D eigenvalue weighted by Gasteiger charge is 2.40. The van der Waals surface area contributed by atoms with Gasteiger partial charge in [-0.05, 0) is 83.9 Å². The van der Waals surface area contributed by atoms with E-state index >= 15 is 0 Å². The number of rotatable bonds is 4. The lowest BCUT2D eigenvalue weighted by atomic mass is 9.79. The van der Waals surface area contributed by atoms with E-state index in [0.717, 1.165) is 24.4 Å². The molecule has 1 aromatic heterocycles. The first-order valence-corrected chi connectivity index (χ1v) is 11.0. The van der Waals surface area contributed by atoms with Crippen LogP contribution in [0, 0.1) is 6.92 Å². The summed E-state index contributed by atoms with van der Waals surface area (Å²) in [5.74, 6) is 1.78. The summed E-state index contributed by atoms with van der Waals surface area (Å²) in [6.45, 7) is 11.5. The maximum Gasteiger partial charge on any atom is 0.174 e. The van der Waals surface area contributed by atoms with Gasteiger partial charge in [-0.1, -0.05) is 29.3 Å². The van der Waals surface area contributed by atoms with E-state index in [1.165, 1.54) is 0 Å². The van der Waals surface area contributed by atoms with Crippen LogP contribution in [-0.2, 0) is 6.54 Å². The summed E-state index contributed by atoms with van der Waals surface area (Å²) in [4.78, 5) is 2.22. The van der Waals surface area contributed by atoms with Crippen LogP contribution in [0.4, 0.5) is 5.69 Å². The topological polar surface area (TPSA) is 40.4 Å². The van der Waals surface area contributed by atoms with Gasteiger partial charge in [0.05, 0.1) is 22.3 Å². The zero-order valence-electron chi connectivity index (χ0n) is 17.6. The van der Waals surface area contributed by atoms with E-state index in [4.69, 9.17) is 39.8 Å². The number of aryl methyl sites for hydroxylation is 1. The summed E-state index contributed by atoms with van der Waals surface area (Å²) in [5.41, 5.74) is 0.692. The van der Waals surface area contributed by atoms with Gasteiger partial charge < -0.3 is 20.0 Å². The standard InChI is InChI=1S/C22H29Cl2N3OS/c1-14-9-10-16(28-14)13-27(15-11-21(2,3)26-22(4,5)12-15)20(29)25-18-8-6-7-17(23)19(18)24/h6-10,15,26H,11-13H2,1-5H3,(H,25,29). The first-order valence-electron chi connectivity index (χ1n) is 9.82. The average Bonchev–Trinajstić information content (AvgIpc) is 2.99. The zero-order chi connectivity index (χ0) is 21.4. The second-order valence-corrected chi connectivity index (χ2v) is 10.3. The summed E-state index contributed by atoms with van der Waals surface area (Å²) in [7, 11) is 0. The number of furan rings is 1. The summed E-state index contributed by atoms with van der Waals surface area (Å²) >= 11 is 18.4. The van der Waals surface area contributed by atoms with Crippen LogP contribution in [0.5, 0.6) is 0 Å². The lowest BCUT2D eigenvalue weighted by molar-refractivity contribution is 0.0981. The number of benzene rings is 1. The fraction of sp³-hybridized carbons (Fsp3) is 0.500. The molecule has 0 amide bonds. The van der Waals surface area contributed by atoms with Crippen LogP contribution in [0.15, 0.2) is 34.7 Å². The van der Waals surface area contributed by atoms with E-state index in [1.54, 1.807) is 6.07 Å². The predicted molar refractivity (Wildman–Crippen MR) is 126 cm³/mol. The van der Waals surface area contributed by atoms with Gasteiger partial charge >= 0.3 is 0 Å². The largest absolute Gasteiger partial charge is 0.464 e. The number of thiocarbonyl (C=S) groups is 1. The SMILES string of the molecule is Cc1ccc(CN(C(=S)Nc2cccc(Cl)c2Cl)C2CC(C)(C)NC(C)(C)C2)o1. The summed E-state index contributed by atoms with van der Waals surface area (Å²) in [5, 5.41) is 8.63. The van der Waals surface area contributed by atoms with Crippen LogP contribution in [0.2, 0.25) is 10.0 Å². The van der Waals surface area contributed by atoms with E-state index in [-0.39, 0.29) is 17.1 Å². The Morgan fingerprint density at radius 2 is 1.83 bits per heavy atom. The lowest BCUT2D eigenvalue weighted by Gasteiger charge is -2.50. The fourth-order valence-corrected chi connectivity index (χ4v) is 5.05. The molecule has 2 heterocycles. The number of anilines is 1. The van der Waals surface area contributed by atoms with Crippen LogP contribution >= 0.6 is 35.4 Å². The molecule has 2 N–H and O–H groups in total. The third-order valence-electron chi connectivity index (χ3n) is 5.19. The molecule has 0 atom stereocenters. The maximum atomic E-state index is 6.38. The molecule has 0 unspecified atom stereocenters. The Balaban J connectivity index is 1.89. The van der Waals surface area contributed by atoms with Crippen molar-refractivity contribution in [3.63, 3.8) is 0 Å². The smallest absolute Gasteiger partial charge is 0.174 e. The Labute approximate surface area is 188 Å². The monoisotopic (exact) mass is 453 g/mol. The Morgan fingerprint density at radius 1 is 1.17 bits per heavy atom. The summed E-state index contributed by atoms with van der Waals surface area (Å²) in [6, 6.07) is 9.73. The van der Waals surface area contributed by atoms with E-state index in [9.17, 15) is 0 Å². The Morgan fingerprint density at radius 3 is 2.41 bits per heavy atom. The van der Waals surface area contributed by atoms with Crippen LogP contribution < -0.4 is 10.6 Å². The fourth-order valence-electron chi connectivity index (χ4n) is 4.38. The quantitative estimate of drug-likeness (QED) is 0.523. The number of hydrogen-bond donors (Lipinski definition) is 2. The molecule has 0 radical (unpaired) electrons. The molecular weight excluding hydrogens is 425 g/mol. The Hall–Kier alpha value is -1.27. The third-order valence-corrected chi connectivity index (χ3v) is 6.34. The van der Waals surface area contributed by atoms with Gasteiger partial charge in [0.15, 0.2) is 5.11 Å². The van der Waals surface area contributed by atoms with Gasteiger partial charge in [0.25, 0.3) is 0 Å². The molecular formula is C22H29Cl2N3OS. The summed E-state index contributed by atoms with van der Waals surface area (Å²) < 4.78 is 5.86. The van der Waals surface area contributed by atoms with Crippen molar-refractivity contribution >= 4 is 46.2 Å². The minimum Gasteiger partial charge on any atom is -0.464 e. The highest BCUT2D eigenvalue weighted by molar-refractivity contribution is 7.80. The highest BCUT2D eigenvalue weighted by Crippen LogP contribution is 2.34. The predicted octanol–water partition coefficient (Wildman–Crippen LogP) is 6.40. The highest BCUT2D eigenvalue weighted by atomic mass is 35.5. The molecule has 1 saturated heterocycles. The van der Waals surface area contributed by atoms with E-state index < -0.39 is 0 Å². The van der Waals surface area contributed by atoms with Gasteiger partial charge in [0.2, 0.25) is 0 Å². The Bertz CT molecular complexity index is 878. The first-order chi connectivity index (χ1) is 13.5. The van der Waals surface area contributed by atoms with Crippen molar-refractivity contribution in [3.8, 4) is 0 Å². The van der Waals surface area contributed by atoms with Crippen molar-refractivity contribution < 1.29 is 4.42 Å². The van der Waals surface area contributed by atoms with Gasteiger partial charge in [-0.3, -0.25) is 0 Å². The van der Waals surface area contributed by atoms with Crippen LogP contribution in [0.25, 0.3) is 0 Å². The molecule has 3 rings (SSSR count). The molecule has 7 heteroatoms. The minimum absolute atomic E-state index is 0.00688. The van der Waals surface area contributed by atoms with Gasteiger partial charge in [0.1, 0.15) is 11.5 Å². The molecule has 29 heavy (non-hydrogen) atoms. The van der Waals surface area contributed by atoms with Crippen molar-refractivity contribution in [1.82, 2.24) is 10.2 Å². The Kier molecular flexibility index (Phi) is 6.54. The van der Waals surface area contributed by atoms with E-state index in [2.05, 4.69) is 43.2 Å². The number of hydrogen-bond acceptors (Lipinski definition) is 3. The normalized spacial score (nSPS) is 18.4. The van der Waals surface area contributed by atoms with Gasteiger partial charge in [-0.15, -0.1) is 0 Å². The van der Waals surface area contributed by atoms with Crippen molar-refractivity contribution in [2.45, 2.75) is 71.1 Å². The van der Waals surface area contributed by atoms with Gasteiger partial charge in [0, 0.05) is 17.1 Å². The summed E-state index contributed by atoms with van der Waals surface area (Å²) in [6.07, 6.45) is 1.92. The van der Waals surface area contributed by atoms with E-state index in [0.29, 0.717) is 27.4 Å². The lowest BCUT2D eigenvalue weighted by Crippen LogP contribution is -2.63. The number of nitrogens with zero attached hydrogens (tertiary/aromatic N) is 1. The molecule has 4 nitrogen and oxygen atoms in total. The second kappa shape index (κ2) is 8.46. The first kappa shape index (κ1) is 22.4. The molecule has 1 aliphatic heterocycles.